The van der Waals surface area contributed by atoms with Gasteiger partial charge < -0.3 is 10.4 Å². The number of pyridine rings is 1. The van der Waals surface area contributed by atoms with Gasteiger partial charge in [0.25, 0.3) is 0 Å². The summed E-state index contributed by atoms with van der Waals surface area (Å²) in [7, 11) is 0. The summed E-state index contributed by atoms with van der Waals surface area (Å²) in [5, 5.41) is 15.0. The molecule has 0 aliphatic carbocycles. The Morgan fingerprint density at radius 3 is 2.86 bits per heavy atom. The van der Waals surface area contributed by atoms with Gasteiger partial charge in [-0.25, -0.2) is 4.98 Å². The van der Waals surface area contributed by atoms with E-state index in [1.807, 2.05) is 44.2 Å². The molecule has 5 heteroatoms. The Hall–Kier alpha value is -1.59. The lowest BCUT2D eigenvalue weighted by Gasteiger charge is -2.19. The summed E-state index contributed by atoms with van der Waals surface area (Å²) in [4.78, 5) is 16.3. The Morgan fingerprint density at radius 2 is 2.10 bits per heavy atom. The fraction of sp³-hybridized carbons (Fsp3) is 0.375. The average Bonchev–Trinajstić information content (AvgIpc) is 2.51. The lowest BCUT2D eigenvalue weighted by molar-refractivity contribution is -0.119. The zero-order chi connectivity index (χ0) is 15.2. The van der Waals surface area contributed by atoms with Crippen LogP contribution in [0, 0.1) is 5.92 Å². The van der Waals surface area contributed by atoms with Crippen molar-refractivity contribution in [1.82, 2.24) is 10.3 Å². The first-order chi connectivity index (χ1) is 10.1. The van der Waals surface area contributed by atoms with Crippen LogP contribution in [0.25, 0.3) is 10.8 Å². The summed E-state index contributed by atoms with van der Waals surface area (Å²) >= 11 is 1.43. The lowest BCUT2D eigenvalue weighted by Crippen LogP contribution is -2.39. The van der Waals surface area contributed by atoms with Crippen molar-refractivity contribution in [3.63, 3.8) is 0 Å². The van der Waals surface area contributed by atoms with Gasteiger partial charge in [-0.15, -0.1) is 0 Å². The van der Waals surface area contributed by atoms with E-state index in [-0.39, 0.29) is 24.5 Å². The molecule has 1 amide bonds. The van der Waals surface area contributed by atoms with E-state index >= 15 is 0 Å². The average molecular weight is 304 g/mol. The van der Waals surface area contributed by atoms with Gasteiger partial charge in [0.1, 0.15) is 5.03 Å². The molecule has 2 unspecified atom stereocenters. The molecule has 2 atom stereocenters. The Labute approximate surface area is 129 Å². The number of aromatic nitrogens is 1. The summed E-state index contributed by atoms with van der Waals surface area (Å²) < 4.78 is 0. The number of amides is 1. The second-order valence-electron chi connectivity index (χ2n) is 5.14. The number of rotatable bonds is 6. The van der Waals surface area contributed by atoms with Crippen LogP contribution in [0.3, 0.4) is 0 Å². The molecule has 0 radical (unpaired) electrons. The third kappa shape index (κ3) is 4.19. The van der Waals surface area contributed by atoms with Crippen molar-refractivity contribution in [1.29, 1.82) is 0 Å². The minimum Gasteiger partial charge on any atom is -0.396 e. The van der Waals surface area contributed by atoms with Crippen LogP contribution in [0.5, 0.6) is 0 Å². The van der Waals surface area contributed by atoms with E-state index in [2.05, 4.69) is 10.3 Å². The number of hydrogen-bond donors (Lipinski definition) is 2. The van der Waals surface area contributed by atoms with Crippen molar-refractivity contribution in [3.8, 4) is 0 Å². The first kappa shape index (κ1) is 15.8. The maximum absolute atomic E-state index is 11.9. The summed E-state index contributed by atoms with van der Waals surface area (Å²) in [5.74, 6) is 0.334. The minimum atomic E-state index is -0.0393. The van der Waals surface area contributed by atoms with Gasteiger partial charge in [0, 0.05) is 24.2 Å². The predicted molar refractivity (Wildman–Crippen MR) is 86.3 cm³/mol. The van der Waals surface area contributed by atoms with Gasteiger partial charge in [0.05, 0.1) is 5.75 Å². The van der Waals surface area contributed by atoms with E-state index in [1.54, 1.807) is 6.20 Å². The molecule has 112 valence electrons. The Balaban J connectivity index is 1.97. The van der Waals surface area contributed by atoms with E-state index in [1.165, 1.54) is 11.8 Å². The van der Waals surface area contributed by atoms with Crippen molar-refractivity contribution in [3.05, 3.63) is 36.5 Å². The molecule has 4 nitrogen and oxygen atoms in total. The zero-order valence-electron chi connectivity index (χ0n) is 12.2. The molecule has 21 heavy (non-hydrogen) atoms. The van der Waals surface area contributed by atoms with Crippen LogP contribution >= 0.6 is 11.8 Å². The first-order valence-electron chi connectivity index (χ1n) is 6.98. The zero-order valence-corrected chi connectivity index (χ0v) is 13.1. The van der Waals surface area contributed by atoms with E-state index < -0.39 is 0 Å². The van der Waals surface area contributed by atoms with Crippen molar-refractivity contribution in [2.45, 2.75) is 24.9 Å². The smallest absolute Gasteiger partial charge is 0.230 e. The highest BCUT2D eigenvalue weighted by atomic mass is 32.2. The highest BCUT2D eigenvalue weighted by molar-refractivity contribution is 8.00. The predicted octanol–water partition coefficient (Wildman–Crippen LogP) is 2.46. The maximum atomic E-state index is 11.9. The third-order valence-corrected chi connectivity index (χ3v) is 4.51. The molecule has 0 aliphatic heterocycles. The normalized spacial score (nSPS) is 13.9. The van der Waals surface area contributed by atoms with E-state index in [4.69, 9.17) is 5.11 Å². The van der Waals surface area contributed by atoms with Crippen molar-refractivity contribution < 1.29 is 9.90 Å². The summed E-state index contributed by atoms with van der Waals surface area (Å²) in [6.45, 7) is 3.88. The van der Waals surface area contributed by atoms with Crippen LogP contribution in [0.1, 0.15) is 13.8 Å². The highest BCUT2D eigenvalue weighted by Gasteiger charge is 2.14. The molecular formula is C16H20N2O2S. The number of nitrogens with zero attached hydrogens (tertiary/aromatic N) is 1. The largest absolute Gasteiger partial charge is 0.396 e. The molecule has 0 fully saturated rings. The maximum Gasteiger partial charge on any atom is 0.230 e. The number of nitrogens with one attached hydrogen (secondary N) is 1. The van der Waals surface area contributed by atoms with E-state index in [9.17, 15) is 4.79 Å². The van der Waals surface area contributed by atoms with Crippen molar-refractivity contribution in [2.75, 3.05) is 12.4 Å². The van der Waals surface area contributed by atoms with Gasteiger partial charge in [-0.2, -0.15) is 0 Å². The third-order valence-electron chi connectivity index (χ3n) is 3.51. The number of hydrogen-bond acceptors (Lipinski definition) is 4. The summed E-state index contributed by atoms with van der Waals surface area (Å²) in [5.41, 5.74) is 0. The lowest BCUT2D eigenvalue weighted by atomic mass is 10.1. The van der Waals surface area contributed by atoms with Crippen LogP contribution in [0.2, 0.25) is 0 Å². The molecule has 0 saturated carbocycles. The van der Waals surface area contributed by atoms with Gasteiger partial charge in [-0.3, -0.25) is 4.79 Å². The molecule has 1 aromatic heterocycles. The first-order valence-corrected chi connectivity index (χ1v) is 7.97. The molecule has 2 N–H and O–H groups in total. The second-order valence-corrected chi connectivity index (χ2v) is 6.11. The van der Waals surface area contributed by atoms with Gasteiger partial charge in [0.2, 0.25) is 5.91 Å². The number of aliphatic hydroxyl groups is 1. The molecule has 2 rings (SSSR count). The highest BCUT2D eigenvalue weighted by Crippen LogP contribution is 2.25. The molecule has 0 saturated heterocycles. The number of benzene rings is 1. The van der Waals surface area contributed by atoms with Gasteiger partial charge in [0.15, 0.2) is 0 Å². The Kier molecular flexibility index (Phi) is 5.59. The number of carbonyl (C=O) groups is 1. The Bertz CT molecular complexity index is 613. The van der Waals surface area contributed by atoms with Crippen LogP contribution in [-0.4, -0.2) is 34.4 Å². The van der Waals surface area contributed by atoms with Gasteiger partial charge in [-0.1, -0.05) is 43.0 Å². The van der Waals surface area contributed by atoms with E-state index in [0.29, 0.717) is 5.75 Å². The number of carbonyl (C=O) groups excluding carboxylic acids is 1. The molecule has 0 bridgehead atoms. The monoisotopic (exact) mass is 304 g/mol. The topological polar surface area (TPSA) is 62.2 Å². The molecule has 1 heterocycles. The minimum absolute atomic E-state index is 0.0384. The number of aliphatic hydroxyl groups excluding tert-OH is 1. The molecule has 0 spiro atoms. The quantitative estimate of drug-likeness (QED) is 0.805. The van der Waals surface area contributed by atoms with Gasteiger partial charge >= 0.3 is 0 Å². The molecular weight excluding hydrogens is 284 g/mol. The molecule has 2 aromatic rings. The standard InChI is InChI=1S/C16H20N2O2S/c1-11(9-19)12(2)18-15(20)10-21-16-14-6-4-3-5-13(14)7-8-17-16/h3-8,11-12,19H,9-10H2,1-2H3,(H,18,20). The van der Waals surface area contributed by atoms with Crippen LogP contribution in [0.4, 0.5) is 0 Å². The van der Waals surface area contributed by atoms with Crippen LogP contribution in [-0.2, 0) is 4.79 Å². The van der Waals surface area contributed by atoms with Crippen LogP contribution in [0.15, 0.2) is 41.6 Å². The molecule has 0 aliphatic rings. The second kappa shape index (κ2) is 7.43. The fourth-order valence-electron chi connectivity index (χ4n) is 1.94. The fourth-order valence-corrected chi connectivity index (χ4v) is 2.76. The summed E-state index contributed by atoms with van der Waals surface area (Å²) in [6, 6.07) is 9.93. The summed E-state index contributed by atoms with van der Waals surface area (Å²) in [6.07, 6.45) is 1.76. The Morgan fingerprint density at radius 1 is 1.33 bits per heavy atom. The van der Waals surface area contributed by atoms with Crippen molar-refractivity contribution in [2.24, 2.45) is 5.92 Å². The number of thioether (sulfide) groups is 1. The van der Waals surface area contributed by atoms with Crippen LogP contribution < -0.4 is 5.32 Å². The van der Waals surface area contributed by atoms with E-state index in [0.717, 1.165) is 15.8 Å². The van der Waals surface area contributed by atoms with Gasteiger partial charge in [-0.05, 0) is 24.3 Å². The number of fused-ring (bicyclic) bond motifs is 1. The molecule has 1 aromatic carbocycles. The van der Waals surface area contributed by atoms with Crippen molar-refractivity contribution >= 4 is 28.4 Å². The SMILES string of the molecule is CC(CO)C(C)NC(=O)CSc1nccc2ccccc12.